The van der Waals surface area contributed by atoms with Crippen molar-refractivity contribution in [2.75, 3.05) is 38.0 Å². The third-order valence-corrected chi connectivity index (χ3v) is 5.69. The van der Waals surface area contributed by atoms with Crippen molar-refractivity contribution >= 4 is 28.4 Å². The van der Waals surface area contributed by atoms with Crippen LogP contribution in [0.5, 0.6) is 5.75 Å². The minimum atomic E-state index is -0.503. The smallest absolute Gasteiger partial charge is 0.411 e. The Kier molecular flexibility index (Phi) is 6.32. The lowest BCUT2D eigenvalue weighted by Crippen LogP contribution is -2.18. The van der Waals surface area contributed by atoms with Gasteiger partial charge in [-0.2, -0.15) is 0 Å². The molecule has 1 saturated carbocycles. The average molecular weight is 424 g/mol. The molecular formula is C24H29N3O4. The number of benzene rings is 2. The van der Waals surface area contributed by atoms with Crippen molar-refractivity contribution in [3.05, 3.63) is 42.5 Å². The molecule has 7 nitrogen and oxygen atoms in total. The van der Waals surface area contributed by atoms with Gasteiger partial charge in [-0.05, 0) is 50.5 Å². The highest BCUT2D eigenvalue weighted by Gasteiger charge is 2.27. The Morgan fingerprint density at radius 2 is 1.94 bits per heavy atom. The van der Waals surface area contributed by atoms with Gasteiger partial charge in [0.2, 0.25) is 0 Å². The summed E-state index contributed by atoms with van der Waals surface area (Å²) >= 11 is 0. The largest absolute Gasteiger partial charge is 0.494 e. The van der Waals surface area contributed by atoms with Crippen molar-refractivity contribution in [2.24, 2.45) is 0 Å². The molecule has 1 heterocycles. The van der Waals surface area contributed by atoms with Gasteiger partial charge in [0.25, 0.3) is 0 Å². The van der Waals surface area contributed by atoms with Crippen molar-refractivity contribution in [3.63, 3.8) is 0 Å². The van der Waals surface area contributed by atoms with E-state index in [1.165, 1.54) is 6.42 Å². The number of nitrogens with two attached hydrogens (primary N) is 1. The summed E-state index contributed by atoms with van der Waals surface area (Å²) in [6.45, 7) is 3.18. The zero-order chi connectivity index (χ0) is 21.8. The van der Waals surface area contributed by atoms with Crippen LogP contribution in [0.25, 0.3) is 22.2 Å². The predicted molar refractivity (Wildman–Crippen MR) is 123 cm³/mol. The van der Waals surface area contributed by atoms with Gasteiger partial charge in [-0.1, -0.05) is 12.1 Å². The van der Waals surface area contributed by atoms with Crippen LogP contribution in [0.2, 0.25) is 0 Å². The van der Waals surface area contributed by atoms with Gasteiger partial charge >= 0.3 is 6.09 Å². The maximum absolute atomic E-state index is 11.9. The van der Waals surface area contributed by atoms with E-state index in [0.717, 1.165) is 46.4 Å². The van der Waals surface area contributed by atoms with Gasteiger partial charge in [-0.15, -0.1) is 0 Å². The second-order valence-corrected chi connectivity index (χ2v) is 7.66. The molecule has 3 N–H and O–H groups in total. The average Bonchev–Trinajstić information content (AvgIpc) is 3.00. The van der Waals surface area contributed by atoms with E-state index in [1.54, 1.807) is 7.11 Å². The molecule has 4 rings (SSSR count). The first-order chi connectivity index (χ1) is 15.1. The molecule has 0 atom stereocenters. The van der Waals surface area contributed by atoms with Gasteiger partial charge in [0.15, 0.2) is 0 Å². The molecule has 164 valence electrons. The molecule has 0 unspecified atom stereocenters. The van der Waals surface area contributed by atoms with Crippen LogP contribution >= 0.6 is 0 Å². The van der Waals surface area contributed by atoms with E-state index >= 15 is 0 Å². The van der Waals surface area contributed by atoms with Crippen LogP contribution in [0.15, 0.2) is 42.5 Å². The van der Waals surface area contributed by atoms with Crippen LogP contribution < -0.4 is 15.8 Å². The molecular weight excluding hydrogens is 394 g/mol. The Labute approximate surface area is 182 Å². The normalized spacial score (nSPS) is 13.7. The predicted octanol–water partition coefficient (Wildman–Crippen LogP) is 5.21. The molecule has 31 heavy (non-hydrogen) atoms. The Bertz CT molecular complexity index is 1050. The lowest BCUT2D eigenvalue weighted by Gasteiger charge is -2.30. The summed E-state index contributed by atoms with van der Waals surface area (Å²) < 4.78 is 18.0. The molecule has 1 aliphatic carbocycles. The molecule has 0 aliphatic heterocycles. The van der Waals surface area contributed by atoms with Gasteiger partial charge < -0.3 is 24.5 Å². The first kappa shape index (κ1) is 21.1. The number of rotatable bonds is 8. The summed E-state index contributed by atoms with van der Waals surface area (Å²) in [5.41, 5.74) is 11.2. The number of hydrogen-bond acceptors (Lipinski definition) is 5. The van der Waals surface area contributed by atoms with Crippen molar-refractivity contribution in [1.29, 1.82) is 0 Å². The maximum atomic E-state index is 11.9. The van der Waals surface area contributed by atoms with E-state index < -0.39 is 6.09 Å². The highest BCUT2D eigenvalue weighted by molar-refractivity contribution is 6.01. The van der Waals surface area contributed by atoms with Crippen molar-refractivity contribution in [3.8, 4) is 17.0 Å². The topological polar surface area (TPSA) is 87.7 Å². The molecule has 3 aromatic rings. The van der Waals surface area contributed by atoms with E-state index in [2.05, 4.69) is 16.0 Å². The third-order valence-electron chi connectivity index (χ3n) is 5.69. The molecule has 1 aliphatic rings. The van der Waals surface area contributed by atoms with Gasteiger partial charge in [-0.25, -0.2) is 4.79 Å². The van der Waals surface area contributed by atoms with Gasteiger partial charge in [-0.3, -0.25) is 5.32 Å². The van der Waals surface area contributed by atoms with Gasteiger partial charge in [0.05, 0.1) is 30.1 Å². The van der Waals surface area contributed by atoms with Crippen LogP contribution in [0.3, 0.4) is 0 Å². The second kappa shape index (κ2) is 9.31. The fourth-order valence-corrected chi connectivity index (χ4v) is 3.97. The molecule has 0 radical (unpaired) electrons. The van der Waals surface area contributed by atoms with Crippen LogP contribution in [-0.4, -0.2) is 37.6 Å². The van der Waals surface area contributed by atoms with E-state index in [-0.39, 0.29) is 6.61 Å². The fraction of sp³-hybridized carbons (Fsp3) is 0.375. The first-order valence-electron chi connectivity index (χ1n) is 10.7. The molecule has 0 spiro atoms. The number of ether oxygens (including phenoxy) is 3. The standard InChI is InChI=1S/C24H29N3O4/c1-3-30-19-11-12-20-21(15-19)27(18-5-4-6-18)23(22(20)25)16-7-9-17(10-8-16)26-24(28)31-14-13-29-2/h7-12,15,18H,3-6,13-14,25H2,1-2H3,(H,26,28). The molecule has 0 saturated heterocycles. The summed E-state index contributed by atoms with van der Waals surface area (Å²) in [6.07, 6.45) is 3.00. The minimum absolute atomic E-state index is 0.210. The molecule has 0 bridgehead atoms. The zero-order valence-corrected chi connectivity index (χ0v) is 18.0. The van der Waals surface area contributed by atoms with Crippen LogP contribution in [0.1, 0.15) is 32.2 Å². The van der Waals surface area contributed by atoms with Crippen LogP contribution in [0, 0.1) is 0 Å². The Balaban J connectivity index is 1.65. The second-order valence-electron chi connectivity index (χ2n) is 7.66. The van der Waals surface area contributed by atoms with Crippen LogP contribution in [0.4, 0.5) is 16.2 Å². The highest BCUT2D eigenvalue weighted by Crippen LogP contribution is 2.44. The minimum Gasteiger partial charge on any atom is -0.494 e. The number of nitrogens with zero attached hydrogens (tertiary/aromatic N) is 1. The molecule has 1 fully saturated rings. The molecule has 1 aromatic heterocycles. The number of hydrogen-bond donors (Lipinski definition) is 2. The van der Waals surface area contributed by atoms with E-state index in [1.807, 2.05) is 43.3 Å². The number of methoxy groups -OCH3 is 1. The maximum Gasteiger partial charge on any atom is 0.411 e. The van der Waals surface area contributed by atoms with Crippen molar-refractivity contribution in [2.45, 2.75) is 32.2 Å². The summed E-state index contributed by atoms with van der Waals surface area (Å²) in [6, 6.07) is 14.2. The fourth-order valence-electron chi connectivity index (χ4n) is 3.97. The van der Waals surface area contributed by atoms with Crippen LogP contribution in [-0.2, 0) is 9.47 Å². The Morgan fingerprint density at radius 1 is 1.16 bits per heavy atom. The quantitative estimate of drug-likeness (QED) is 0.486. The number of fused-ring (bicyclic) bond motifs is 1. The summed E-state index contributed by atoms with van der Waals surface area (Å²) in [5.74, 6) is 0.853. The van der Waals surface area contributed by atoms with Crippen molar-refractivity contribution < 1.29 is 19.0 Å². The van der Waals surface area contributed by atoms with E-state index in [9.17, 15) is 4.79 Å². The number of carbonyl (C=O) groups is 1. The summed E-state index contributed by atoms with van der Waals surface area (Å²) in [5, 5.41) is 3.77. The lowest BCUT2D eigenvalue weighted by molar-refractivity contribution is 0.107. The Hall–Kier alpha value is -3.19. The summed E-state index contributed by atoms with van der Waals surface area (Å²) in [7, 11) is 1.56. The zero-order valence-electron chi connectivity index (χ0n) is 18.0. The van der Waals surface area contributed by atoms with E-state index in [4.69, 9.17) is 19.9 Å². The van der Waals surface area contributed by atoms with Gasteiger partial charge in [0, 0.05) is 35.9 Å². The number of nitrogens with one attached hydrogen (secondary N) is 1. The number of nitrogen functional groups attached to an aromatic ring is 1. The number of carbonyl (C=O) groups excluding carboxylic acids is 1. The lowest BCUT2D eigenvalue weighted by atomic mass is 9.92. The molecule has 2 aromatic carbocycles. The monoisotopic (exact) mass is 423 g/mol. The van der Waals surface area contributed by atoms with Gasteiger partial charge in [0.1, 0.15) is 12.4 Å². The van der Waals surface area contributed by atoms with E-state index in [0.29, 0.717) is 24.9 Å². The summed E-state index contributed by atoms with van der Waals surface area (Å²) in [4.78, 5) is 11.9. The first-order valence-corrected chi connectivity index (χ1v) is 10.7. The molecule has 7 heteroatoms. The molecule has 1 amide bonds. The Morgan fingerprint density at radius 3 is 2.58 bits per heavy atom. The number of aromatic nitrogens is 1. The SMILES string of the molecule is CCOc1ccc2c(N)c(-c3ccc(NC(=O)OCCOC)cc3)n(C3CCC3)c2c1. The highest BCUT2D eigenvalue weighted by atomic mass is 16.6. The number of amides is 1. The number of anilines is 2. The van der Waals surface area contributed by atoms with Crippen molar-refractivity contribution in [1.82, 2.24) is 4.57 Å². The third kappa shape index (κ3) is 4.32.